The third-order valence-electron chi connectivity index (χ3n) is 5.91. The monoisotopic (exact) mass is 438 g/mol. The van der Waals surface area contributed by atoms with E-state index in [0.29, 0.717) is 23.5 Å². The highest BCUT2D eigenvalue weighted by Gasteiger charge is 2.52. The molecule has 4 amide bonds. The van der Waals surface area contributed by atoms with Gasteiger partial charge in [-0.25, -0.2) is 4.79 Å². The Morgan fingerprint density at radius 1 is 1.12 bits per heavy atom. The zero-order valence-corrected chi connectivity index (χ0v) is 18.2. The molecule has 2 aliphatic rings. The minimum Gasteiger partial charge on any atom is -0.454 e. The summed E-state index contributed by atoms with van der Waals surface area (Å²) in [6.07, 6.45) is 0.351. The molecular weight excluding hydrogens is 412 g/mol. The largest absolute Gasteiger partial charge is 0.454 e. The number of benzene rings is 2. The van der Waals surface area contributed by atoms with E-state index in [-0.39, 0.29) is 13.3 Å². The highest BCUT2D eigenvalue weighted by molar-refractivity contribution is 6.08. The van der Waals surface area contributed by atoms with Crippen LogP contribution in [-0.4, -0.2) is 36.2 Å². The summed E-state index contributed by atoms with van der Waals surface area (Å²) in [5, 5.41) is 6.65. The molecule has 32 heavy (non-hydrogen) atoms. The molecule has 2 aliphatic heterocycles. The molecule has 1 saturated heterocycles. The van der Waals surface area contributed by atoms with Crippen LogP contribution in [0.25, 0.3) is 0 Å². The number of hydrogen-bond donors (Lipinski definition) is 3. The van der Waals surface area contributed by atoms with Crippen molar-refractivity contribution in [3.05, 3.63) is 59.7 Å². The van der Waals surface area contributed by atoms with Crippen LogP contribution in [0.5, 0.6) is 11.5 Å². The molecule has 4 rings (SSSR count). The molecule has 9 heteroatoms. The predicted octanol–water partition coefficient (Wildman–Crippen LogP) is 2.13. The molecule has 2 aromatic carbocycles. The van der Waals surface area contributed by atoms with E-state index in [0.717, 1.165) is 10.6 Å². The van der Waals surface area contributed by atoms with Gasteiger partial charge in [0.2, 0.25) is 6.79 Å². The topological polar surface area (TPSA) is 109 Å². The first kappa shape index (κ1) is 21.6. The van der Waals surface area contributed by atoms with Crippen molar-refractivity contribution in [1.29, 1.82) is 0 Å². The van der Waals surface area contributed by atoms with E-state index in [9.17, 15) is 14.4 Å². The lowest BCUT2D eigenvalue weighted by Crippen LogP contribution is -2.52. The quantitative estimate of drug-likeness (QED) is 0.572. The molecule has 0 spiro atoms. The van der Waals surface area contributed by atoms with Crippen LogP contribution in [0.2, 0.25) is 0 Å². The third-order valence-corrected chi connectivity index (χ3v) is 5.91. The third kappa shape index (κ3) is 3.75. The standard InChI is InChI=1S/C23H26N4O5/c1-4-23(15-8-6-5-7-9-15)20(29)27(21(30)25-23)26-19(28)13-24-22(2,3)16-10-11-17-18(12-16)32-14-31-17/h5-12,24H,4,13-14H2,1-3H3,(H,25,30)(H,26,28). The number of hydrogen-bond acceptors (Lipinski definition) is 6. The van der Waals surface area contributed by atoms with Gasteiger partial charge in [0.05, 0.1) is 6.54 Å². The second kappa shape index (κ2) is 8.16. The number of nitrogens with one attached hydrogen (secondary N) is 3. The van der Waals surface area contributed by atoms with Crippen LogP contribution in [-0.2, 0) is 20.7 Å². The van der Waals surface area contributed by atoms with Crippen LogP contribution < -0.4 is 25.5 Å². The summed E-state index contributed by atoms with van der Waals surface area (Å²) in [6.45, 7) is 5.73. The Hall–Kier alpha value is -3.59. The first-order valence-electron chi connectivity index (χ1n) is 10.4. The number of hydrazine groups is 1. The van der Waals surface area contributed by atoms with E-state index in [1.165, 1.54) is 0 Å². The molecule has 0 radical (unpaired) electrons. The number of fused-ring (bicyclic) bond motifs is 1. The second-order valence-electron chi connectivity index (χ2n) is 8.28. The minimum absolute atomic E-state index is 0.108. The molecular formula is C23H26N4O5. The zero-order valence-electron chi connectivity index (χ0n) is 18.2. The molecule has 9 nitrogen and oxygen atoms in total. The van der Waals surface area contributed by atoms with Crippen LogP contribution in [0.4, 0.5) is 4.79 Å². The molecule has 1 atom stereocenters. The SMILES string of the molecule is CCC1(c2ccccc2)NC(=O)N(NC(=O)CNC(C)(C)c2ccc3c(c2)OCO3)C1=O. The van der Waals surface area contributed by atoms with Gasteiger partial charge in [-0.1, -0.05) is 43.3 Å². The van der Waals surface area contributed by atoms with E-state index in [1.54, 1.807) is 24.3 Å². The van der Waals surface area contributed by atoms with Crippen LogP contribution >= 0.6 is 0 Å². The molecule has 3 N–H and O–H groups in total. The summed E-state index contributed by atoms with van der Waals surface area (Å²) >= 11 is 0. The average molecular weight is 438 g/mol. The van der Waals surface area contributed by atoms with Crippen molar-refractivity contribution in [3.63, 3.8) is 0 Å². The molecule has 0 saturated carbocycles. The smallest absolute Gasteiger partial charge is 0.344 e. The Balaban J connectivity index is 1.42. The fourth-order valence-electron chi connectivity index (χ4n) is 3.89. The first-order chi connectivity index (χ1) is 15.3. The van der Waals surface area contributed by atoms with Gasteiger partial charge >= 0.3 is 6.03 Å². The molecule has 0 bridgehead atoms. The molecule has 2 heterocycles. The number of carbonyl (C=O) groups is 3. The average Bonchev–Trinajstić information content (AvgIpc) is 3.36. The summed E-state index contributed by atoms with van der Waals surface area (Å²) in [6, 6.07) is 13.9. The number of imide groups is 1. The number of carbonyl (C=O) groups excluding carboxylic acids is 3. The van der Waals surface area contributed by atoms with Gasteiger partial charge in [0.15, 0.2) is 11.5 Å². The number of nitrogens with zero attached hydrogens (tertiary/aromatic N) is 1. The number of urea groups is 1. The lowest BCUT2D eigenvalue weighted by atomic mass is 9.87. The van der Waals surface area contributed by atoms with Gasteiger partial charge in [-0.3, -0.25) is 20.3 Å². The summed E-state index contributed by atoms with van der Waals surface area (Å²) in [5.41, 5.74) is 2.22. The van der Waals surface area contributed by atoms with Crippen molar-refractivity contribution < 1.29 is 23.9 Å². The van der Waals surface area contributed by atoms with Crippen LogP contribution in [0.3, 0.4) is 0 Å². The molecule has 1 unspecified atom stereocenters. The Bertz CT molecular complexity index is 1060. The minimum atomic E-state index is -1.20. The van der Waals surface area contributed by atoms with Gasteiger partial charge in [0.25, 0.3) is 11.8 Å². The summed E-state index contributed by atoms with van der Waals surface area (Å²) in [7, 11) is 0. The van der Waals surface area contributed by atoms with Crippen molar-refractivity contribution in [2.24, 2.45) is 0 Å². The van der Waals surface area contributed by atoms with E-state index >= 15 is 0 Å². The molecule has 0 aliphatic carbocycles. The van der Waals surface area contributed by atoms with Crippen molar-refractivity contribution in [2.75, 3.05) is 13.3 Å². The van der Waals surface area contributed by atoms with Crippen LogP contribution in [0.15, 0.2) is 48.5 Å². The maximum atomic E-state index is 13.1. The van der Waals surface area contributed by atoms with E-state index < -0.39 is 28.9 Å². The Labute approximate surface area is 186 Å². The number of ether oxygens (including phenoxy) is 2. The Morgan fingerprint density at radius 2 is 1.84 bits per heavy atom. The fourth-order valence-corrected chi connectivity index (χ4v) is 3.89. The van der Waals surface area contributed by atoms with Crippen molar-refractivity contribution in [2.45, 2.75) is 38.3 Å². The Morgan fingerprint density at radius 3 is 2.56 bits per heavy atom. The maximum absolute atomic E-state index is 13.1. The summed E-state index contributed by atoms with van der Waals surface area (Å²) in [5.74, 6) is 0.304. The van der Waals surface area contributed by atoms with Gasteiger partial charge in [0.1, 0.15) is 5.54 Å². The number of amides is 4. The molecule has 2 aromatic rings. The van der Waals surface area contributed by atoms with Gasteiger partial charge in [-0.2, -0.15) is 5.01 Å². The van der Waals surface area contributed by atoms with Crippen LogP contribution in [0.1, 0.15) is 38.3 Å². The van der Waals surface area contributed by atoms with Gasteiger partial charge in [-0.05, 0) is 43.5 Å². The van der Waals surface area contributed by atoms with Crippen molar-refractivity contribution in [1.82, 2.24) is 21.1 Å². The molecule has 1 fully saturated rings. The normalized spacial score (nSPS) is 19.8. The molecule has 0 aromatic heterocycles. The zero-order chi connectivity index (χ0) is 22.9. The van der Waals surface area contributed by atoms with Crippen LogP contribution in [0, 0.1) is 0 Å². The highest BCUT2D eigenvalue weighted by Crippen LogP contribution is 2.35. The van der Waals surface area contributed by atoms with Crippen molar-refractivity contribution in [3.8, 4) is 11.5 Å². The lowest BCUT2D eigenvalue weighted by molar-refractivity contribution is -0.139. The van der Waals surface area contributed by atoms with E-state index in [4.69, 9.17) is 9.47 Å². The van der Waals surface area contributed by atoms with E-state index in [2.05, 4.69) is 16.1 Å². The maximum Gasteiger partial charge on any atom is 0.344 e. The molecule has 168 valence electrons. The summed E-state index contributed by atoms with van der Waals surface area (Å²) in [4.78, 5) is 38.2. The number of rotatable bonds is 7. The van der Waals surface area contributed by atoms with Gasteiger partial charge < -0.3 is 14.8 Å². The van der Waals surface area contributed by atoms with Gasteiger partial charge in [-0.15, -0.1) is 0 Å². The Kier molecular flexibility index (Phi) is 5.52. The second-order valence-corrected chi connectivity index (χ2v) is 8.28. The van der Waals surface area contributed by atoms with Crippen molar-refractivity contribution >= 4 is 17.8 Å². The summed E-state index contributed by atoms with van der Waals surface area (Å²) < 4.78 is 10.8. The lowest BCUT2D eigenvalue weighted by Gasteiger charge is -2.28. The fraction of sp³-hybridized carbons (Fsp3) is 0.348. The highest BCUT2D eigenvalue weighted by atomic mass is 16.7. The van der Waals surface area contributed by atoms with Gasteiger partial charge in [0, 0.05) is 5.54 Å². The first-order valence-corrected chi connectivity index (χ1v) is 10.4. The van der Waals surface area contributed by atoms with E-state index in [1.807, 2.05) is 45.0 Å². The predicted molar refractivity (Wildman–Crippen MR) is 116 cm³/mol.